The lowest BCUT2D eigenvalue weighted by molar-refractivity contribution is -0.137. The van der Waals surface area contributed by atoms with Crippen molar-refractivity contribution < 1.29 is 22.7 Å². The van der Waals surface area contributed by atoms with Gasteiger partial charge in [-0.25, -0.2) is 9.78 Å². The van der Waals surface area contributed by atoms with Crippen molar-refractivity contribution in [1.82, 2.24) is 4.98 Å². The van der Waals surface area contributed by atoms with Gasteiger partial charge < -0.3 is 10.5 Å². The summed E-state index contributed by atoms with van der Waals surface area (Å²) in [4.78, 5) is 15.6. The number of esters is 1. The molecule has 0 saturated heterocycles. The molecule has 0 bridgehead atoms. The van der Waals surface area contributed by atoms with Crippen molar-refractivity contribution in [3.8, 4) is 11.3 Å². The van der Waals surface area contributed by atoms with Gasteiger partial charge in [0.25, 0.3) is 0 Å². The minimum Gasteiger partial charge on any atom is -0.464 e. The fourth-order valence-electron chi connectivity index (χ4n) is 1.76. The molecule has 2 N–H and O–H groups in total. The van der Waals surface area contributed by atoms with Crippen molar-refractivity contribution in [2.75, 3.05) is 12.8 Å². The van der Waals surface area contributed by atoms with E-state index in [9.17, 15) is 18.0 Å². The SMILES string of the molecule is COC(=O)c1nc(-c2ccc(C(F)(F)F)cc2)cc(N)c1Cl. The number of carbonyl (C=O) groups excluding carboxylic acids is 1. The number of nitrogen functional groups attached to an aromatic ring is 1. The number of nitrogens with zero attached hydrogens (tertiary/aromatic N) is 1. The summed E-state index contributed by atoms with van der Waals surface area (Å²) in [6, 6.07) is 5.68. The summed E-state index contributed by atoms with van der Waals surface area (Å²) in [5.74, 6) is -0.787. The zero-order valence-electron chi connectivity index (χ0n) is 11.2. The van der Waals surface area contributed by atoms with E-state index < -0.39 is 17.7 Å². The molecule has 1 aromatic carbocycles. The van der Waals surface area contributed by atoms with E-state index in [0.717, 1.165) is 19.2 Å². The molecule has 116 valence electrons. The number of anilines is 1. The molecular formula is C14H10ClF3N2O2. The zero-order chi connectivity index (χ0) is 16.5. The molecule has 0 aliphatic carbocycles. The third kappa shape index (κ3) is 3.14. The van der Waals surface area contributed by atoms with Gasteiger partial charge in [0.05, 0.1) is 29.1 Å². The van der Waals surface area contributed by atoms with Crippen LogP contribution in [0.3, 0.4) is 0 Å². The average Bonchev–Trinajstić information content (AvgIpc) is 2.48. The van der Waals surface area contributed by atoms with Crippen molar-refractivity contribution in [3.63, 3.8) is 0 Å². The van der Waals surface area contributed by atoms with Crippen molar-refractivity contribution in [2.24, 2.45) is 0 Å². The third-order valence-electron chi connectivity index (χ3n) is 2.87. The van der Waals surface area contributed by atoms with E-state index in [1.165, 1.54) is 18.2 Å². The van der Waals surface area contributed by atoms with Gasteiger partial charge in [0.15, 0.2) is 5.69 Å². The molecule has 0 saturated carbocycles. The molecule has 1 aromatic heterocycles. The maximum absolute atomic E-state index is 12.5. The largest absolute Gasteiger partial charge is 0.464 e. The normalized spacial score (nSPS) is 11.3. The number of hydrogen-bond donors (Lipinski definition) is 1. The minimum absolute atomic E-state index is 0.0671. The molecule has 22 heavy (non-hydrogen) atoms. The van der Waals surface area contributed by atoms with E-state index in [2.05, 4.69) is 9.72 Å². The molecule has 0 radical (unpaired) electrons. The van der Waals surface area contributed by atoms with Gasteiger partial charge >= 0.3 is 12.1 Å². The maximum atomic E-state index is 12.5. The number of pyridine rings is 1. The fraction of sp³-hybridized carbons (Fsp3) is 0.143. The Morgan fingerprint density at radius 3 is 2.36 bits per heavy atom. The van der Waals surface area contributed by atoms with E-state index in [1.807, 2.05) is 0 Å². The second kappa shape index (κ2) is 5.84. The van der Waals surface area contributed by atoms with Gasteiger partial charge in [0.2, 0.25) is 0 Å². The Labute approximate surface area is 128 Å². The third-order valence-corrected chi connectivity index (χ3v) is 3.27. The van der Waals surface area contributed by atoms with E-state index in [4.69, 9.17) is 17.3 Å². The van der Waals surface area contributed by atoms with Crippen LogP contribution in [-0.2, 0) is 10.9 Å². The summed E-state index contributed by atoms with van der Waals surface area (Å²) in [7, 11) is 1.15. The molecule has 2 aromatic rings. The highest BCUT2D eigenvalue weighted by molar-refractivity contribution is 6.35. The molecule has 4 nitrogen and oxygen atoms in total. The molecule has 8 heteroatoms. The summed E-state index contributed by atoms with van der Waals surface area (Å²) in [5.41, 5.74) is 5.37. The van der Waals surface area contributed by atoms with E-state index in [-0.39, 0.29) is 22.1 Å². The van der Waals surface area contributed by atoms with Crippen molar-refractivity contribution in [1.29, 1.82) is 0 Å². The summed E-state index contributed by atoms with van der Waals surface area (Å²) in [6.07, 6.45) is -4.43. The van der Waals surface area contributed by atoms with Gasteiger partial charge in [-0.05, 0) is 18.2 Å². The number of methoxy groups -OCH3 is 1. The van der Waals surface area contributed by atoms with Crippen LogP contribution in [0.2, 0.25) is 5.02 Å². The van der Waals surface area contributed by atoms with E-state index >= 15 is 0 Å². The van der Waals surface area contributed by atoms with Crippen LogP contribution in [0.25, 0.3) is 11.3 Å². The molecule has 0 fully saturated rings. The number of halogens is 4. The van der Waals surface area contributed by atoms with E-state index in [1.54, 1.807) is 0 Å². The van der Waals surface area contributed by atoms with Gasteiger partial charge in [-0.1, -0.05) is 23.7 Å². The molecule has 0 atom stereocenters. The first-order valence-corrected chi connectivity index (χ1v) is 6.33. The van der Waals surface area contributed by atoms with Crippen molar-refractivity contribution in [3.05, 3.63) is 46.6 Å². The van der Waals surface area contributed by atoms with Gasteiger partial charge in [-0.2, -0.15) is 13.2 Å². The molecular weight excluding hydrogens is 321 g/mol. The van der Waals surface area contributed by atoms with Gasteiger partial charge in [0, 0.05) is 5.56 Å². The number of aromatic nitrogens is 1. The zero-order valence-corrected chi connectivity index (χ0v) is 12.0. The molecule has 0 amide bonds. The predicted molar refractivity (Wildman–Crippen MR) is 75.4 cm³/mol. The van der Waals surface area contributed by atoms with Crippen LogP contribution in [0.5, 0.6) is 0 Å². The first kappa shape index (κ1) is 16.1. The smallest absolute Gasteiger partial charge is 0.416 e. The topological polar surface area (TPSA) is 65.2 Å². The number of nitrogens with two attached hydrogens (primary N) is 1. The highest BCUT2D eigenvalue weighted by Gasteiger charge is 2.30. The standard InChI is InChI=1S/C14H10ClF3N2O2/c1-22-13(21)12-11(15)9(19)6-10(20-12)7-2-4-8(5-3-7)14(16,17)18/h2-6H,1H3,(H2,19,20). The second-order valence-electron chi connectivity index (χ2n) is 4.33. The van der Waals surface area contributed by atoms with Crippen LogP contribution >= 0.6 is 11.6 Å². The van der Waals surface area contributed by atoms with Gasteiger partial charge in [-0.3, -0.25) is 0 Å². The van der Waals surface area contributed by atoms with Gasteiger partial charge in [-0.15, -0.1) is 0 Å². The Kier molecular flexibility index (Phi) is 4.27. The van der Waals surface area contributed by atoms with Crippen LogP contribution in [0.15, 0.2) is 30.3 Å². The number of alkyl halides is 3. The van der Waals surface area contributed by atoms with Crippen LogP contribution in [0.1, 0.15) is 16.1 Å². The van der Waals surface area contributed by atoms with Crippen LogP contribution in [-0.4, -0.2) is 18.1 Å². The number of benzene rings is 1. The highest BCUT2D eigenvalue weighted by atomic mass is 35.5. The quantitative estimate of drug-likeness (QED) is 0.851. The Balaban J connectivity index is 2.49. The Bertz CT molecular complexity index is 715. The van der Waals surface area contributed by atoms with E-state index in [0.29, 0.717) is 5.56 Å². The molecule has 1 heterocycles. The van der Waals surface area contributed by atoms with Crippen molar-refractivity contribution in [2.45, 2.75) is 6.18 Å². The molecule has 2 rings (SSSR count). The monoisotopic (exact) mass is 330 g/mol. The number of rotatable bonds is 2. The first-order valence-electron chi connectivity index (χ1n) is 5.96. The molecule has 0 spiro atoms. The summed E-state index contributed by atoms with van der Waals surface area (Å²) in [5, 5.41) is -0.0671. The Morgan fingerprint density at radius 2 is 1.86 bits per heavy atom. The number of carbonyl (C=O) groups is 1. The maximum Gasteiger partial charge on any atom is 0.416 e. The second-order valence-corrected chi connectivity index (χ2v) is 4.70. The summed E-state index contributed by atoms with van der Waals surface area (Å²) in [6.45, 7) is 0. The summed E-state index contributed by atoms with van der Waals surface area (Å²) >= 11 is 5.87. The number of hydrogen-bond acceptors (Lipinski definition) is 4. The van der Waals surface area contributed by atoms with Crippen LogP contribution < -0.4 is 5.73 Å². The average molecular weight is 331 g/mol. The molecule has 0 unspecified atom stereocenters. The lowest BCUT2D eigenvalue weighted by Crippen LogP contribution is -2.08. The lowest BCUT2D eigenvalue weighted by Gasteiger charge is -2.10. The minimum atomic E-state index is -4.43. The molecule has 0 aliphatic heterocycles. The summed E-state index contributed by atoms with van der Waals surface area (Å²) < 4.78 is 42.2. The lowest BCUT2D eigenvalue weighted by atomic mass is 10.1. The van der Waals surface area contributed by atoms with Crippen LogP contribution in [0, 0.1) is 0 Å². The van der Waals surface area contributed by atoms with Crippen molar-refractivity contribution >= 4 is 23.3 Å². The highest BCUT2D eigenvalue weighted by Crippen LogP contribution is 2.32. The Morgan fingerprint density at radius 1 is 1.27 bits per heavy atom. The fourth-order valence-corrected chi connectivity index (χ4v) is 1.93. The molecule has 0 aliphatic rings. The number of ether oxygens (including phenoxy) is 1. The first-order chi connectivity index (χ1) is 10.2. The predicted octanol–water partition coefficient (Wildman–Crippen LogP) is 3.79. The van der Waals surface area contributed by atoms with Gasteiger partial charge in [0.1, 0.15) is 0 Å². The van der Waals surface area contributed by atoms with Crippen LogP contribution in [0.4, 0.5) is 18.9 Å². The Hall–Kier alpha value is -2.28.